The van der Waals surface area contributed by atoms with Gasteiger partial charge in [0.25, 0.3) is 0 Å². The molecule has 0 saturated heterocycles. The predicted octanol–water partition coefficient (Wildman–Crippen LogP) is 7.09. The molecule has 5 rings (SSSR count). The molecule has 0 aromatic heterocycles. The van der Waals surface area contributed by atoms with E-state index >= 15 is 0 Å². The van der Waals surface area contributed by atoms with Crippen LogP contribution in [0.25, 0.3) is 0 Å². The van der Waals surface area contributed by atoms with E-state index in [2.05, 4.69) is 20.8 Å². The summed E-state index contributed by atoms with van der Waals surface area (Å²) in [4.78, 5) is 25.4. The zero-order valence-electron chi connectivity index (χ0n) is 21.2. The molecule has 3 aliphatic rings. The molecule has 4 heteroatoms. The number of hydrogen-bond acceptors (Lipinski definition) is 4. The Morgan fingerprint density at radius 2 is 1.31 bits per heavy atom. The lowest BCUT2D eigenvalue weighted by molar-refractivity contribution is -0.178. The van der Waals surface area contributed by atoms with Crippen LogP contribution in [0.5, 0.6) is 0 Å². The average Bonchev–Trinajstić information content (AvgIpc) is 2.88. The molecule has 3 aliphatic carbocycles. The van der Waals surface area contributed by atoms with E-state index < -0.39 is 0 Å². The number of fused-ring (bicyclic) bond motifs is 3. The molecule has 0 unspecified atom stereocenters. The van der Waals surface area contributed by atoms with Crippen molar-refractivity contribution >= 4 is 11.9 Å². The van der Waals surface area contributed by atoms with Crippen molar-refractivity contribution in [3.05, 3.63) is 71.8 Å². The molecule has 0 heterocycles. The number of benzene rings is 2. The maximum absolute atomic E-state index is 12.8. The highest BCUT2D eigenvalue weighted by Gasteiger charge is 2.61. The molecule has 186 valence electrons. The van der Waals surface area contributed by atoms with Gasteiger partial charge in [0, 0.05) is 0 Å². The highest BCUT2D eigenvalue weighted by Crippen LogP contribution is 2.67. The second-order valence-electron chi connectivity index (χ2n) is 11.6. The molecule has 0 spiro atoms. The first-order valence-corrected chi connectivity index (χ1v) is 13.3. The van der Waals surface area contributed by atoms with Gasteiger partial charge >= 0.3 is 11.9 Å². The Morgan fingerprint density at radius 3 is 1.94 bits per heavy atom. The van der Waals surface area contributed by atoms with Crippen molar-refractivity contribution in [1.82, 2.24) is 0 Å². The summed E-state index contributed by atoms with van der Waals surface area (Å²) in [6.07, 6.45) is 7.24. The van der Waals surface area contributed by atoms with E-state index in [4.69, 9.17) is 9.47 Å². The van der Waals surface area contributed by atoms with Crippen LogP contribution in [-0.2, 0) is 9.47 Å². The molecule has 3 saturated carbocycles. The van der Waals surface area contributed by atoms with Gasteiger partial charge < -0.3 is 9.47 Å². The third-order valence-corrected chi connectivity index (χ3v) is 10.1. The summed E-state index contributed by atoms with van der Waals surface area (Å²) in [5.41, 5.74) is 1.69. The lowest BCUT2D eigenvalue weighted by atomic mass is 9.41. The van der Waals surface area contributed by atoms with Crippen LogP contribution in [-0.4, -0.2) is 24.1 Å². The summed E-state index contributed by atoms with van der Waals surface area (Å²) in [6, 6.07) is 18.7. The lowest BCUT2D eigenvalue weighted by Gasteiger charge is -2.65. The number of ether oxygens (including phenoxy) is 2. The highest BCUT2D eigenvalue weighted by molar-refractivity contribution is 5.89. The van der Waals surface area contributed by atoms with E-state index in [0.717, 1.165) is 44.9 Å². The summed E-state index contributed by atoms with van der Waals surface area (Å²) in [6.45, 7) is 7.27. The second-order valence-corrected chi connectivity index (χ2v) is 11.6. The minimum absolute atomic E-state index is 0.00141. The molecule has 4 nitrogen and oxygen atoms in total. The van der Waals surface area contributed by atoms with Gasteiger partial charge in [0.15, 0.2) is 0 Å². The quantitative estimate of drug-likeness (QED) is 0.444. The first kappa shape index (κ1) is 24.1. The van der Waals surface area contributed by atoms with Gasteiger partial charge in [0.2, 0.25) is 0 Å². The smallest absolute Gasteiger partial charge is 0.338 e. The monoisotopic (exact) mass is 474 g/mol. The van der Waals surface area contributed by atoms with Gasteiger partial charge in [-0.3, -0.25) is 0 Å². The molecule has 0 amide bonds. The number of esters is 2. The lowest BCUT2D eigenvalue weighted by Crippen LogP contribution is -2.59. The highest BCUT2D eigenvalue weighted by atomic mass is 16.5. The molecule has 0 aliphatic heterocycles. The van der Waals surface area contributed by atoms with Crippen molar-refractivity contribution in [2.75, 3.05) is 0 Å². The predicted molar refractivity (Wildman–Crippen MR) is 136 cm³/mol. The second kappa shape index (κ2) is 9.44. The van der Waals surface area contributed by atoms with Crippen LogP contribution in [0.4, 0.5) is 0 Å². The minimum Gasteiger partial charge on any atom is -0.459 e. The van der Waals surface area contributed by atoms with Crippen molar-refractivity contribution < 1.29 is 19.1 Å². The maximum atomic E-state index is 12.8. The average molecular weight is 475 g/mol. The van der Waals surface area contributed by atoms with Crippen LogP contribution in [0, 0.1) is 28.6 Å². The minimum atomic E-state index is -0.202. The van der Waals surface area contributed by atoms with Crippen LogP contribution in [0.1, 0.15) is 86.4 Å². The van der Waals surface area contributed by atoms with Crippen LogP contribution < -0.4 is 0 Å². The van der Waals surface area contributed by atoms with Crippen molar-refractivity contribution in [3.63, 3.8) is 0 Å². The summed E-state index contributed by atoms with van der Waals surface area (Å²) < 4.78 is 12.0. The molecule has 0 radical (unpaired) electrons. The molecule has 0 N–H and O–H groups in total. The Kier molecular flexibility index (Phi) is 6.50. The van der Waals surface area contributed by atoms with E-state index in [-0.39, 0.29) is 35.0 Å². The zero-order valence-corrected chi connectivity index (χ0v) is 21.2. The molecule has 0 bridgehead atoms. The van der Waals surface area contributed by atoms with E-state index in [0.29, 0.717) is 28.9 Å². The third-order valence-electron chi connectivity index (χ3n) is 10.1. The molecule has 2 aromatic rings. The first-order chi connectivity index (χ1) is 16.8. The summed E-state index contributed by atoms with van der Waals surface area (Å²) in [7, 11) is 0. The largest absolute Gasteiger partial charge is 0.459 e. The topological polar surface area (TPSA) is 52.6 Å². The summed E-state index contributed by atoms with van der Waals surface area (Å²) in [5.74, 6) is 1.03. The van der Waals surface area contributed by atoms with Gasteiger partial charge in [-0.1, -0.05) is 57.2 Å². The van der Waals surface area contributed by atoms with Crippen LogP contribution in [0.2, 0.25) is 0 Å². The van der Waals surface area contributed by atoms with E-state index in [1.54, 1.807) is 0 Å². The number of carbonyl (C=O) groups is 2. The fraction of sp³-hybridized carbons (Fsp3) is 0.548. The molecule has 7 atom stereocenters. The Hall–Kier alpha value is -2.62. The zero-order chi connectivity index (χ0) is 24.6. The Labute approximate surface area is 209 Å². The van der Waals surface area contributed by atoms with Gasteiger partial charge in [0.1, 0.15) is 12.2 Å². The van der Waals surface area contributed by atoms with Crippen molar-refractivity contribution in [1.29, 1.82) is 0 Å². The van der Waals surface area contributed by atoms with Gasteiger partial charge in [-0.05, 0) is 97.8 Å². The van der Waals surface area contributed by atoms with Crippen LogP contribution >= 0.6 is 0 Å². The molecular weight excluding hydrogens is 436 g/mol. The van der Waals surface area contributed by atoms with E-state index in [1.807, 2.05) is 60.7 Å². The van der Waals surface area contributed by atoms with Crippen LogP contribution in [0.3, 0.4) is 0 Å². The van der Waals surface area contributed by atoms with Gasteiger partial charge in [-0.15, -0.1) is 0 Å². The number of rotatable bonds is 4. The fourth-order valence-corrected chi connectivity index (χ4v) is 7.80. The fourth-order valence-electron chi connectivity index (χ4n) is 7.80. The van der Waals surface area contributed by atoms with Gasteiger partial charge in [-0.25, -0.2) is 9.59 Å². The summed E-state index contributed by atoms with van der Waals surface area (Å²) in [5, 5.41) is 0. The van der Waals surface area contributed by atoms with E-state index in [1.165, 1.54) is 0 Å². The molecule has 3 fully saturated rings. The van der Waals surface area contributed by atoms with Gasteiger partial charge in [-0.2, -0.15) is 0 Å². The number of carbonyl (C=O) groups excluding carboxylic acids is 2. The Balaban J connectivity index is 1.25. The molecule has 35 heavy (non-hydrogen) atoms. The molecular formula is C31H38O4. The normalized spacial score (nSPS) is 36.4. The Morgan fingerprint density at radius 1 is 0.743 bits per heavy atom. The van der Waals surface area contributed by atoms with Crippen LogP contribution in [0.15, 0.2) is 60.7 Å². The molecule has 2 aromatic carbocycles. The van der Waals surface area contributed by atoms with Crippen molar-refractivity contribution in [2.24, 2.45) is 28.6 Å². The first-order valence-electron chi connectivity index (χ1n) is 13.3. The van der Waals surface area contributed by atoms with Crippen molar-refractivity contribution in [3.8, 4) is 0 Å². The summed E-state index contributed by atoms with van der Waals surface area (Å²) >= 11 is 0. The number of hydrogen-bond donors (Lipinski definition) is 0. The van der Waals surface area contributed by atoms with E-state index in [9.17, 15) is 9.59 Å². The SMILES string of the molecule is C[C@H]1[C@H]2CC[C@@H]3C[C@@H](OC(=O)c4ccccc4)CC[C@]3(C)[C@]2(C)CC[C@H]1OC(=O)c1ccccc1. The Bertz CT molecular complexity index is 1050. The maximum Gasteiger partial charge on any atom is 0.338 e. The van der Waals surface area contributed by atoms with Crippen molar-refractivity contribution in [2.45, 2.75) is 77.9 Å². The van der Waals surface area contributed by atoms with Gasteiger partial charge in [0.05, 0.1) is 11.1 Å². The third kappa shape index (κ3) is 4.30. The standard InChI is InChI=1S/C31H38O4/c1-21-26-15-14-24-20-25(34-28(32)22-10-6-4-7-11-22)16-18-30(24,2)31(26,3)19-17-27(21)35-29(33)23-12-8-5-9-13-23/h4-13,21,24-27H,14-20H2,1-3H3/t21-,24+,25-,26+,27+,30-,31+/m0/s1.